The minimum atomic E-state index is -0.677. The summed E-state index contributed by atoms with van der Waals surface area (Å²) < 4.78 is 5.68. The van der Waals surface area contributed by atoms with Crippen molar-refractivity contribution in [1.82, 2.24) is 9.80 Å². The number of carbonyl (C=O) groups excluding carboxylic acids is 2. The number of alkyl halides is 1. The molecule has 0 bridgehead atoms. The van der Waals surface area contributed by atoms with Gasteiger partial charge in [0.2, 0.25) is 11.8 Å². The lowest BCUT2D eigenvalue weighted by Gasteiger charge is -2.29. The van der Waals surface area contributed by atoms with Gasteiger partial charge in [-0.2, -0.15) is 0 Å². The van der Waals surface area contributed by atoms with Gasteiger partial charge in [0.25, 0.3) is 0 Å². The van der Waals surface area contributed by atoms with Crippen molar-refractivity contribution in [2.24, 2.45) is 0 Å². The third kappa shape index (κ3) is 6.56. The molecule has 156 valence electrons. The zero-order valence-corrected chi connectivity index (χ0v) is 18.2. The zero-order chi connectivity index (χ0) is 20.6. The maximum atomic E-state index is 13.2. The number of halogens is 1. The maximum absolute atomic E-state index is 13.2. The Kier molecular flexibility index (Phi) is 8.09. The maximum Gasteiger partial charge on any atom is 0.242 e. The number of nitrogens with zero attached hydrogens (tertiary/aromatic N) is 2. The van der Waals surface area contributed by atoms with E-state index in [2.05, 4.69) is 0 Å². The number of benzene rings is 1. The molecule has 2 atom stereocenters. The van der Waals surface area contributed by atoms with Gasteiger partial charge in [-0.05, 0) is 36.8 Å². The van der Waals surface area contributed by atoms with Crippen LogP contribution in [0.15, 0.2) is 47.8 Å². The molecule has 2 unspecified atom stereocenters. The van der Waals surface area contributed by atoms with Gasteiger partial charge in [-0.25, -0.2) is 0 Å². The first-order chi connectivity index (χ1) is 14.0. The normalized spacial score (nSPS) is 17.1. The molecule has 0 spiro atoms. The minimum absolute atomic E-state index is 0.00790. The molecular weight excluding hydrogens is 408 g/mol. The van der Waals surface area contributed by atoms with Crippen LogP contribution < -0.4 is 0 Å². The summed E-state index contributed by atoms with van der Waals surface area (Å²) in [5, 5.41) is 1.33. The van der Waals surface area contributed by atoms with E-state index < -0.39 is 5.38 Å². The molecule has 1 fully saturated rings. The van der Waals surface area contributed by atoms with Crippen molar-refractivity contribution in [3.05, 3.63) is 58.3 Å². The van der Waals surface area contributed by atoms with Gasteiger partial charge in [-0.15, -0.1) is 22.9 Å². The van der Waals surface area contributed by atoms with E-state index in [1.165, 1.54) is 0 Å². The molecule has 7 heteroatoms. The Morgan fingerprint density at radius 3 is 2.59 bits per heavy atom. The van der Waals surface area contributed by atoms with E-state index in [1.807, 2.05) is 47.8 Å². The molecule has 0 aliphatic carbocycles. The molecular formula is C22H27ClN2O3S. The minimum Gasteiger partial charge on any atom is -0.376 e. The molecule has 0 radical (unpaired) electrons. The summed E-state index contributed by atoms with van der Waals surface area (Å²) in [5.41, 5.74) is 1.06. The molecule has 1 aliphatic heterocycles. The van der Waals surface area contributed by atoms with Crippen LogP contribution >= 0.6 is 22.9 Å². The number of carbonyl (C=O) groups is 2. The number of rotatable bonds is 9. The Balaban J connectivity index is 1.73. The first-order valence-corrected chi connectivity index (χ1v) is 11.2. The summed E-state index contributed by atoms with van der Waals surface area (Å²) in [6.07, 6.45) is 1.86. The highest BCUT2D eigenvalue weighted by molar-refractivity contribution is 7.09. The number of ether oxygens (including phenoxy) is 1. The van der Waals surface area contributed by atoms with E-state index in [-0.39, 0.29) is 24.5 Å². The summed E-state index contributed by atoms with van der Waals surface area (Å²) in [4.78, 5) is 30.3. The number of hydrogen-bond acceptors (Lipinski definition) is 4. The predicted molar refractivity (Wildman–Crippen MR) is 116 cm³/mol. The van der Waals surface area contributed by atoms with Crippen LogP contribution in [0, 0.1) is 0 Å². The predicted octanol–water partition coefficient (Wildman–Crippen LogP) is 3.91. The van der Waals surface area contributed by atoms with Crippen LogP contribution in [0.3, 0.4) is 0 Å². The Hall–Kier alpha value is -1.89. The molecule has 3 rings (SSSR count). The summed E-state index contributed by atoms with van der Waals surface area (Å²) in [7, 11) is 0. The van der Waals surface area contributed by atoms with Crippen LogP contribution in [0.25, 0.3) is 0 Å². The van der Waals surface area contributed by atoms with Crippen molar-refractivity contribution >= 4 is 34.8 Å². The van der Waals surface area contributed by atoms with Crippen LogP contribution in [0.1, 0.15) is 30.2 Å². The van der Waals surface area contributed by atoms with Gasteiger partial charge in [0.15, 0.2) is 0 Å². The highest BCUT2D eigenvalue weighted by Crippen LogP contribution is 2.18. The van der Waals surface area contributed by atoms with E-state index in [1.54, 1.807) is 28.1 Å². The Morgan fingerprint density at radius 2 is 1.97 bits per heavy atom. The largest absolute Gasteiger partial charge is 0.376 e. The molecule has 2 aromatic rings. The van der Waals surface area contributed by atoms with E-state index in [0.717, 1.165) is 23.3 Å². The summed E-state index contributed by atoms with van der Waals surface area (Å²) in [6.45, 7) is 3.77. The molecule has 0 saturated carbocycles. The van der Waals surface area contributed by atoms with Crippen molar-refractivity contribution in [2.75, 3.05) is 19.7 Å². The lowest BCUT2D eigenvalue weighted by molar-refractivity contribution is -0.142. The van der Waals surface area contributed by atoms with E-state index in [4.69, 9.17) is 16.3 Å². The van der Waals surface area contributed by atoms with Crippen LogP contribution in [-0.2, 0) is 27.4 Å². The summed E-state index contributed by atoms with van der Waals surface area (Å²) >= 11 is 7.68. The Morgan fingerprint density at radius 1 is 1.17 bits per heavy atom. The fourth-order valence-corrected chi connectivity index (χ4v) is 4.27. The lowest BCUT2D eigenvalue weighted by Crippen LogP contribution is -2.47. The smallest absolute Gasteiger partial charge is 0.242 e. The van der Waals surface area contributed by atoms with Gasteiger partial charge < -0.3 is 14.5 Å². The van der Waals surface area contributed by atoms with Crippen LogP contribution in [0.2, 0.25) is 0 Å². The van der Waals surface area contributed by atoms with Crippen molar-refractivity contribution in [1.29, 1.82) is 0 Å². The highest BCUT2D eigenvalue weighted by atomic mass is 35.5. The molecule has 2 heterocycles. The Labute approximate surface area is 181 Å². The molecule has 1 saturated heterocycles. The summed E-state index contributed by atoms with van der Waals surface area (Å²) in [5.74, 6) is -0.322. The average molecular weight is 435 g/mol. The number of amides is 2. The second-order valence-corrected chi connectivity index (χ2v) is 8.97. The topological polar surface area (TPSA) is 49.9 Å². The summed E-state index contributed by atoms with van der Waals surface area (Å²) in [6, 6.07) is 13.9. The van der Waals surface area contributed by atoms with Crippen molar-refractivity contribution in [3.8, 4) is 0 Å². The van der Waals surface area contributed by atoms with E-state index in [0.29, 0.717) is 26.2 Å². The van der Waals surface area contributed by atoms with Gasteiger partial charge >= 0.3 is 0 Å². The number of hydrogen-bond donors (Lipinski definition) is 0. The first-order valence-electron chi connectivity index (χ1n) is 9.91. The van der Waals surface area contributed by atoms with E-state index in [9.17, 15) is 9.59 Å². The van der Waals surface area contributed by atoms with E-state index >= 15 is 0 Å². The molecule has 2 amide bonds. The first kappa shape index (κ1) is 21.8. The zero-order valence-electron chi connectivity index (χ0n) is 16.6. The Bertz CT molecular complexity index is 777. The molecule has 1 aromatic heterocycles. The monoisotopic (exact) mass is 434 g/mol. The standard InChI is InChI=1S/C22H27ClN2O3S/c1-17(23)22(27)25(14-19-9-5-11-28-19)16-21(26)24(15-20-10-6-12-29-20)13-18-7-3-2-4-8-18/h2-4,6-8,10,12,17,19H,5,9,11,13-16H2,1H3. The van der Waals surface area contributed by atoms with Gasteiger partial charge in [-0.3, -0.25) is 9.59 Å². The van der Waals surface area contributed by atoms with Gasteiger partial charge in [-0.1, -0.05) is 36.4 Å². The fourth-order valence-electron chi connectivity index (χ4n) is 3.41. The van der Waals surface area contributed by atoms with Gasteiger partial charge in [0, 0.05) is 24.6 Å². The van der Waals surface area contributed by atoms with Crippen LogP contribution in [-0.4, -0.2) is 52.8 Å². The average Bonchev–Trinajstić information content (AvgIpc) is 3.41. The molecule has 5 nitrogen and oxygen atoms in total. The van der Waals surface area contributed by atoms with Crippen molar-refractivity contribution in [3.63, 3.8) is 0 Å². The second kappa shape index (κ2) is 10.8. The van der Waals surface area contributed by atoms with Crippen LogP contribution in [0.4, 0.5) is 0 Å². The van der Waals surface area contributed by atoms with Gasteiger partial charge in [0.1, 0.15) is 5.38 Å². The van der Waals surface area contributed by atoms with Gasteiger partial charge in [0.05, 0.1) is 19.2 Å². The second-order valence-electron chi connectivity index (χ2n) is 7.28. The molecule has 1 aromatic carbocycles. The SMILES string of the molecule is CC(Cl)C(=O)N(CC(=O)N(Cc1ccccc1)Cc1cccs1)CC1CCCO1. The third-order valence-corrected chi connectivity index (χ3v) is 5.97. The third-order valence-electron chi connectivity index (χ3n) is 4.92. The van der Waals surface area contributed by atoms with Crippen molar-refractivity contribution < 1.29 is 14.3 Å². The lowest BCUT2D eigenvalue weighted by atomic mass is 10.2. The van der Waals surface area contributed by atoms with Crippen LogP contribution in [0.5, 0.6) is 0 Å². The highest BCUT2D eigenvalue weighted by Gasteiger charge is 2.28. The molecule has 0 N–H and O–H groups in total. The van der Waals surface area contributed by atoms with Crippen molar-refractivity contribution in [2.45, 2.75) is 44.3 Å². The quantitative estimate of drug-likeness (QED) is 0.562. The molecule has 29 heavy (non-hydrogen) atoms. The number of thiophene rings is 1. The molecule has 1 aliphatic rings. The fraction of sp³-hybridized carbons (Fsp3) is 0.455.